The number of rotatable bonds is 4. The maximum Gasteiger partial charge on any atom is 0.0641 e. The molecule has 0 atom stereocenters. The number of aliphatic hydroxyl groups excluding tert-OH is 1. The van der Waals surface area contributed by atoms with E-state index in [1.165, 1.54) is 5.57 Å². The van der Waals surface area contributed by atoms with Crippen molar-refractivity contribution in [2.24, 2.45) is 0 Å². The number of aliphatic hydroxyl groups is 1. The topological polar surface area (TPSA) is 29.5 Å². The van der Waals surface area contributed by atoms with Crippen LogP contribution in [0, 0.1) is 0 Å². The van der Waals surface area contributed by atoms with Gasteiger partial charge in [-0.25, -0.2) is 0 Å². The smallest absolute Gasteiger partial charge is 0.0641 e. The molecule has 0 aromatic rings. The van der Waals surface area contributed by atoms with Crippen molar-refractivity contribution in [1.29, 1.82) is 0 Å². The monoisotopic (exact) mass is 364 g/mol. The molecule has 0 radical (unpaired) electrons. The Morgan fingerprint density at radius 3 is 1.00 bits per heavy atom. The zero-order valence-electron chi connectivity index (χ0n) is 20.5. The van der Waals surface area contributed by atoms with E-state index in [0.717, 1.165) is 13.5 Å². The Hall–Kier alpha value is -1.12. The molecular formula is C23H56O2. The van der Waals surface area contributed by atoms with Gasteiger partial charge >= 0.3 is 0 Å². The van der Waals surface area contributed by atoms with Gasteiger partial charge in [-0.2, -0.15) is 0 Å². The average Bonchev–Trinajstić information content (AvgIpc) is 2.73. The van der Waals surface area contributed by atoms with Gasteiger partial charge in [0.2, 0.25) is 0 Å². The lowest BCUT2D eigenvalue weighted by Gasteiger charge is -1.82. The summed E-state index contributed by atoms with van der Waals surface area (Å²) >= 11 is 0. The Kier molecular flexibility index (Phi) is 523. The standard InChI is InChI=1S/C6H10.C4H8O.5C2H6.C2H4.CH4O/c1-4-5-6(2)3;1-3-4-5-2;7*1-2/h4H,1-2,5H2,3H3;3H,1,4H2,2H3;5*1-2H3;1-2H2;2H,1H3. The Balaban J connectivity index is -0.0000000175. The van der Waals surface area contributed by atoms with E-state index in [9.17, 15) is 0 Å². The van der Waals surface area contributed by atoms with E-state index in [0.29, 0.717) is 6.61 Å². The molecule has 1 N–H and O–H groups in total. The van der Waals surface area contributed by atoms with Gasteiger partial charge in [0.1, 0.15) is 0 Å². The van der Waals surface area contributed by atoms with Crippen LogP contribution in [0.4, 0.5) is 0 Å². The molecule has 0 saturated carbocycles. The third-order valence-corrected chi connectivity index (χ3v) is 0.777. The molecule has 0 aliphatic carbocycles. The highest BCUT2D eigenvalue weighted by Gasteiger charge is 1.71. The van der Waals surface area contributed by atoms with Gasteiger partial charge in [-0.1, -0.05) is 93.5 Å². The molecule has 0 spiro atoms. The molecule has 0 aromatic heterocycles. The largest absolute Gasteiger partial charge is 0.400 e. The fourth-order valence-electron chi connectivity index (χ4n) is 0.364. The third kappa shape index (κ3) is 663. The van der Waals surface area contributed by atoms with Gasteiger partial charge in [0.25, 0.3) is 0 Å². The van der Waals surface area contributed by atoms with Gasteiger partial charge in [-0.3, -0.25) is 0 Å². The number of ether oxygens (including phenoxy) is 1. The van der Waals surface area contributed by atoms with Crippen molar-refractivity contribution >= 4 is 0 Å². The van der Waals surface area contributed by atoms with Crippen LogP contribution in [0.1, 0.15) is 82.6 Å². The molecule has 0 aromatic carbocycles. The molecular weight excluding hydrogens is 308 g/mol. The summed E-state index contributed by atoms with van der Waals surface area (Å²) in [4.78, 5) is 0. The van der Waals surface area contributed by atoms with Crippen molar-refractivity contribution in [2.45, 2.75) is 82.6 Å². The van der Waals surface area contributed by atoms with Gasteiger partial charge in [0.15, 0.2) is 0 Å². The Bertz CT molecular complexity index is 130. The second-order valence-corrected chi connectivity index (χ2v) is 2.19. The first kappa shape index (κ1) is 56.5. The number of allylic oxidation sites excluding steroid dienone is 2. The van der Waals surface area contributed by atoms with Crippen molar-refractivity contribution in [3.8, 4) is 0 Å². The summed E-state index contributed by atoms with van der Waals surface area (Å²) in [6.07, 6.45) is 4.50. The predicted molar refractivity (Wildman–Crippen MR) is 128 cm³/mol. The first-order chi connectivity index (χ1) is 12.2. The summed E-state index contributed by atoms with van der Waals surface area (Å²) in [5.74, 6) is 0. The van der Waals surface area contributed by atoms with E-state index in [4.69, 9.17) is 5.11 Å². The van der Waals surface area contributed by atoms with E-state index in [-0.39, 0.29) is 0 Å². The minimum Gasteiger partial charge on any atom is -0.400 e. The molecule has 0 fully saturated rings. The number of hydrogen-bond acceptors (Lipinski definition) is 2. The van der Waals surface area contributed by atoms with Crippen LogP contribution in [-0.4, -0.2) is 25.9 Å². The predicted octanol–water partition coefficient (Wildman–Crippen LogP) is 8.50. The van der Waals surface area contributed by atoms with Crippen molar-refractivity contribution in [1.82, 2.24) is 0 Å². The molecule has 0 heterocycles. The highest BCUT2D eigenvalue weighted by Crippen LogP contribution is 1.92. The van der Waals surface area contributed by atoms with Gasteiger partial charge in [0.05, 0.1) is 6.61 Å². The van der Waals surface area contributed by atoms with Crippen LogP contribution in [0.5, 0.6) is 0 Å². The zero-order chi connectivity index (χ0) is 23.1. The molecule has 2 heteroatoms. The number of hydrogen-bond donors (Lipinski definition) is 1. The summed E-state index contributed by atoms with van der Waals surface area (Å²) in [5.41, 5.74) is 1.17. The second kappa shape index (κ2) is 231. The van der Waals surface area contributed by atoms with Crippen molar-refractivity contribution in [2.75, 3.05) is 20.8 Å². The lowest BCUT2D eigenvalue weighted by atomic mass is 10.2. The highest BCUT2D eigenvalue weighted by atomic mass is 16.5. The molecule has 0 saturated heterocycles. The summed E-state index contributed by atoms with van der Waals surface area (Å²) in [6.45, 7) is 39.3. The molecule has 0 bridgehead atoms. The number of methoxy groups -OCH3 is 1. The quantitative estimate of drug-likeness (QED) is 0.506. The van der Waals surface area contributed by atoms with E-state index in [1.807, 2.05) is 82.2 Å². The molecule has 0 rings (SSSR count). The summed E-state index contributed by atoms with van der Waals surface area (Å²) < 4.78 is 4.57. The maximum absolute atomic E-state index is 7.00. The van der Waals surface area contributed by atoms with E-state index in [1.54, 1.807) is 13.2 Å². The van der Waals surface area contributed by atoms with Crippen LogP contribution in [-0.2, 0) is 4.74 Å². The minimum atomic E-state index is 0.653. The average molecular weight is 365 g/mol. The van der Waals surface area contributed by atoms with E-state index < -0.39 is 0 Å². The third-order valence-electron chi connectivity index (χ3n) is 0.777. The SMILES string of the molecule is C=C.C=CCC(=C)C.C=CCOC.CC.CC.CC.CC.CC.CO. The minimum absolute atomic E-state index is 0.653. The zero-order valence-corrected chi connectivity index (χ0v) is 20.5. The Morgan fingerprint density at radius 1 is 0.760 bits per heavy atom. The Labute approximate surface area is 164 Å². The lowest BCUT2D eigenvalue weighted by molar-refractivity contribution is 0.234. The van der Waals surface area contributed by atoms with Crippen LogP contribution >= 0.6 is 0 Å². The van der Waals surface area contributed by atoms with Gasteiger partial charge in [-0.15, -0.1) is 26.3 Å². The van der Waals surface area contributed by atoms with E-state index >= 15 is 0 Å². The van der Waals surface area contributed by atoms with E-state index in [2.05, 4.69) is 37.6 Å². The first-order valence-electron chi connectivity index (χ1n) is 9.48. The van der Waals surface area contributed by atoms with Crippen LogP contribution in [0.25, 0.3) is 0 Å². The normalized spacial score (nSPS) is 4.88. The molecule has 0 amide bonds. The molecule has 0 aliphatic rings. The fourth-order valence-corrected chi connectivity index (χ4v) is 0.364. The van der Waals surface area contributed by atoms with Crippen molar-refractivity contribution < 1.29 is 9.84 Å². The molecule has 0 aliphatic heterocycles. The maximum atomic E-state index is 7.00. The molecule has 25 heavy (non-hydrogen) atoms. The summed E-state index contributed by atoms with van der Waals surface area (Å²) in [5, 5.41) is 7.00. The van der Waals surface area contributed by atoms with Crippen LogP contribution in [0.15, 0.2) is 50.6 Å². The van der Waals surface area contributed by atoms with Crippen molar-refractivity contribution in [3.63, 3.8) is 0 Å². The molecule has 2 nitrogen and oxygen atoms in total. The Morgan fingerprint density at radius 2 is 1.00 bits per heavy atom. The van der Waals surface area contributed by atoms with Crippen LogP contribution in [0.3, 0.4) is 0 Å². The van der Waals surface area contributed by atoms with Gasteiger partial charge in [-0.05, 0) is 13.3 Å². The van der Waals surface area contributed by atoms with Crippen LogP contribution < -0.4 is 0 Å². The molecule has 0 unspecified atom stereocenters. The lowest BCUT2D eigenvalue weighted by Crippen LogP contribution is -1.76. The van der Waals surface area contributed by atoms with Crippen molar-refractivity contribution in [3.05, 3.63) is 50.6 Å². The first-order valence-corrected chi connectivity index (χ1v) is 9.48. The summed E-state index contributed by atoms with van der Waals surface area (Å²) in [7, 11) is 2.64. The summed E-state index contributed by atoms with van der Waals surface area (Å²) in [6, 6.07) is 0. The second-order valence-electron chi connectivity index (χ2n) is 2.19. The highest BCUT2D eigenvalue weighted by molar-refractivity contribution is 4.94. The molecule has 160 valence electrons. The van der Waals surface area contributed by atoms with Gasteiger partial charge in [0, 0.05) is 14.2 Å². The van der Waals surface area contributed by atoms with Gasteiger partial charge < -0.3 is 9.84 Å². The van der Waals surface area contributed by atoms with Crippen LogP contribution in [0.2, 0.25) is 0 Å². The fraction of sp³-hybridized carbons (Fsp3) is 0.652.